The first kappa shape index (κ1) is 18.9. The Balaban J connectivity index is 1.49. The maximum absolute atomic E-state index is 12.8. The first-order valence-electron chi connectivity index (χ1n) is 9.47. The smallest absolute Gasteiger partial charge is 0.218 e. The van der Waals surface area contributed by atoms with Crippen molar-refractivity contribution in [1.82, 2.24) is 15.0 Å². The molecule has 0 bridgehead atoms. The van der Waals surface area contributed by atoms with Crippen molar-refractivity contribution in [2.45, 2.75) is 31.1 Å². The third-order valence-corrected chi connectivity index (χ3v) is 5.45. The third kappa shape index (κ3) is 3.89. The standard InChI is InChI=1S/C22H22N4O3/c1-29-18-8-6-17(7-9-18)26-19(14-24-25-26)20(27)12-15-2-4-16(5-3-15)22(10-11-22)13-21(23)28/h2-9,14H,10-13H2,1H3,(H2,23,28). The van der Waals surface area contributed by atoms with Gasteiger partial charge in [0, 0.05) is 18.3 Å². The number of ketones is 1. The van der Waals surface area contributed by atoms with Gasteiger partial charge in [0.2, 0.25) is 5.91 Å². The van der Waals surface area contributed by atoms with Crippen LogP contribution in [-0.4, -0.2) is 33.8 Å². The van der Waals surface area contributed by atoms with Gasteiger partial charge in [0.1, 0.15) is 11.4 Å². The summed E-state index contributed by atoms with van der Waals surface area (Å²) in [7, 11) is 1.60. The molecular formula is C22H22N4O3. The van der Waals surface area contributed by atoms with Crippen molar-refractivity contribution in [2.75, 3.05) is 7.11 Å². The zero-order valence-corrected chi connectivity index (χ0v) is 16.2. The quantitative estimate of drug-likeness (QED) is 0.596. The molecule has 1 amide bonds. The summed E-state index contributed by atoms with van der Waals surface area (Å²) in [6.45, 7) is 0. The van der Waals surface area contributed by atoms with Gasteiger partial charge in [-0.05, 0) is 48.2 Å². The Morgan fingerprint density at radius 2 is 1.79 bits per heavy atom. The number of Topliss-reactive ketones (excluding diaryl/α,β-unsaturated/α-hetero) is 1. The van der Waals surface area contributed by atoms with Crippen molar-refractivity contribution in [1.29, 1.82) is 0 Å². The van der Waals surface area contributed by atoms with Crippen LogP contribution in [0.25, 0.3) is 5.69 Å². The molecule has 1 aromatic heterocycles. The molecule has 3 aromatic rings. The number of nitrogens with two attached hydrogens (primary N) is 1. The molecule has 1 fully saturated rings. The molecule has 29 heavy (non-hydrogen) atoms. The first-order valence-corrected chi connectivity index (χ1v) is 9.47. The fourth-order valence-electron chi connectivity index (χ4n) is 3.64. The second-order valence-corrected chi connectivity index (χ2v) is 7.45. The van der Waals surface area contributed by atoms with Crippen molar-refractivity contribution in [3.8, 4) is 11.4 Å². The molecule has 0 aliphatic heterocycles. The number of ether oxygens (including phenoxy) is 1. The van der Waals surface area contributed by atoms with Crippen molar-refractivity contribution in [3.05, 3.63) is 71.5 Å². The number of hydrogen-bond acceptors (Lipinski definition) is 5. The Bertz CT molecular complexity index is 1030. The number of carbonyl (C=O) groups excluding carboxylic acids is 2. The van der Waals surface area contributed by atoms with E-state index in [-0.39, 0.29) is 23.5 Å². The summed E-state index contributed by atoms with van der Waals surface area (Å²) in [5, 5.41) is 7.95. The minimum Gasteiger partial charge on any atom is -0.497 e. The maximum Gasteiger partial charge on any atom is 0.218 e. The van der Waals surface area contributed by atoms with E-state index in [1.54, 1.807) is 7.11 Å². The predicted molar refractivity (Wildman–Crippen MR) is 107 cm³/mol. The summed E-state index contributed by atoms with van der Waals surface area (Å²) in [5.41, 5.74) is 8.44. The minimum atomic E-state index is -0.277. The predicted octanol–water partition coefficient (Wildman–Crippen LogP) is 2.61. The van der Waals surface area contributed by atoms with Crippen molar-refractivity contribution in [3.63, 3.8) is 0 Å². The summed E-state index contributed by atoms with van der Waals surface area (Å²) >= 11 is 0. The maximum atomic E-state index is 12.8. The van der Waals surface area contributed by atoms with Crippen LogP contribution in [0.2, 0.25) is 0 Å². The summed E-state index contributed by atoms with van der Waals surface area (Å²) in [4.78, 5) is 24.2. The molecule has 0 saturated heterocycles. The fourth-order valence-corrected chi connectivity index (χ4v) is 3.64. The number of amides is 1. The average Bonchev–Trinajstić information content (AvgIpc) is 3.32. The largest absolute Gasteiger partial charge is 0.497 e. The SMILES string of the molecule is COc1ccc(-n2nncc2C(=O)Cc2ccc(C3(CC(N)=O)CC3)cc2)cc1. The lowest BCUT2D eigenvalue weighted by Crippen LogP contribution is -2.20. The monoisotopic (exact) mass is 390 g/mol. The van der Waals surface area contributed by atoms with E-state index in [0.29, 0.717) is 12.1 Å². The molecule has 0 unspecified atom stereocenters. The molecule has 1 aliphatic carbocycles. The second kappa shape index (κ2) is 7.50. The van der Waals surface area contributed by atoms with E-state index in [2.05, 4.69) is 10.3 Å². The first-order chi connectivity index (χ1) is 14.0. The zero-order valence-electron chi connectivity index (χ0n) is 16.2. The highest BCUT2D eigenvalue weighted by atomic mass is 16.5. The van der Waals surface area contributed by atoms with E-state index in [1.165, 1.54) is 10.9 Å². The Morgan fingerprint density at radius 3 is 2.38 bits per heavy atom. The van der Waals surface area contributed by atoms with Crippen LogP contribution in [0.5, 0.6) is 5.75 Å². The van der Waals surface area contributed by atoms with Gasteiger partial charge in [-0.2, -0.15) is 0 Å². The Morgan fingerprint density at radius 1 is 1.10 bits per heavy atom. The van der Waals surface area contributed by atoms with Crippen LogP contribution in [-0.2, 0) is 16.6 Å². The Hall–Kier alpha value is -3.48. The molecule has 7 nitrogen and oxygen atoms in total. The number of methoxy groups -OCH3 is 1. The Labute approximate surface area is 168 Å². The summed E-state index contributed by atoms with van der Waals surface area (Å²) in [6, 6.07) is 15.1. The summed E-state index contributed by atoms with van der Waals surface area (Å²) in [5.74, 6) is 0.379. The molecule has 7 heteroatoms. The topological polar surface area (TPSA) is 100 Å². The van der Waals surface area contributed by atoms with Crippen LogP contribution in [0.1, 0.15) is 40.9 Å². The van der Waals surface area contributed by atoms with E-state index < -0.39 is 0 Å². The van der Waals surface area contributed by atoms with E-state index in [0.717, 1.165) is 35.4 Å². The van der Waals surface area contributed by atoms with Crippen LogP contribution >= 0.6 is 0 Å². The van der Waals surface area contributed by atoms with Gasteiger partial charge in [0.25, 0.3) is 0 Å². The summed E-state index contributed by atoms with van der Waals surface area (Å²) < 4.78 is 6.69. The molecule has 1 saturated carbocycles. The Kier molecular flexibility index (Phi) is 4.88. The highest BCUT2D eigenvalue weighted by Gasteiger charge is 2.45. The van der Waals surface area contributed by atoms with Gasteiger partial charge >= 0.3 is 0 Å². The fraction of sp³-hybridized carbons (Fsp3) is 0.273. The number of benzene rings is 2. The van der Waals surface area contributed by atoms with Crippen LogP contribution in [0, 0.1) is 0 Å². The molecule has 0 radical (unpaired) electrons. The number of aromatic nitrogens is 3. The van der Waals surface area contributed by atoms with E-state index in [9.17, 15) is 9.59 Å². The molecule has 4 rings (SSSR count). The molecular weight excluding hydrogens is 368 g/mol. The van der Waals surface area contributed by atoms with Crippen LogP contribution < -0.4 is 10.5 Å². The van der Waals surface area contributed by atoms with E-state index in [1.807, 2.05) is 48.5 Å². The number of nitrogens with zero attached hydrogens (tertiary/aromatic N) is 3. The van der Waals surface area contributed by atoms with E-state index >= 15 is 0 Å². The van der Waals surface area contributed by atoms with Crippen molar-refractivity contribution < 1.29 is 14.3 Å². The van der Waals surface area contributed by atoms with Crippen LogP contribution in [0.4, 0.5) is 0 Å². The molecule has 1 heterocycles. The number of primary amides is 1. The lowest BCUT2D eigenvalue weighted by Gasteiger charge is -2.14. The number of hydrogen-bond donors (Lipinski definition) is 1. The van der Waals surface area contributed by atoms with Crippen molar-refractivity contribution in [2.24, 2.45) is 5.73 Å². The summed E-state index contributed by atoms with van der Waals surface area (Å²) in [6.07, 6.45) is 4.04. The van der Waals surface area contributed by atoms with Gasteiger partial charge in [-0.25, -0.2) is 4.68 Å². The van der Waals surface area contributed by atoms with Gasteiger partial charge < -0.3 is 10.5 Å². The van der Waals surface area contributed by atoms with Crippen LogP contribution in [0.15, 0.2) is 54.7 Å². The van der Waals surface area contributed by atoms with Gasteiger partial charge in [-0.1, -0.05) is 29.5 Å². The second-order valence-electron chi connectivity index (χ2n) is 7.45. The number of carbonyl (C=O) groups is 2. The van der Waals surface area contributed by atoms with Gasteiger partial charge in [0.05, 0.1) is 19.0 Å². The van der Waals surface area contributed by atoms with Crippen molar-refractivity contribution >= 4 is 11.7 Å². The minimum absolute atomic E-state index is 0.0724. The lowest BCUT2D eigenvalue weighted by atomic mass is 9.91. The normalized spacial score (nSPS) is 14.4. The van der Waals surface area contributed by atoms with E-state index in [4.69, 9.17) is 10.5 Å². The number of rotatable bonds is 8. The van der Waals surface area contributed by atoms with Gasteiger partial charge in [-0.3, -0.25) is 9.59 Å². The highest BCUT2D eigenvalue weighted by Crippen LogP contribution is 2.50. The van der Waals surface area contributed by atoms with Gasteiger partial charge in [-0.15, -0.1) is 5.10 Å². The molecule has 0 atom stereocenters. The molecule has 1 aliphatic rings. The average molecular weight is 390 g/mol. The molecule has 2 aromatic carbocycles. The van der Waals surface area contributed by atoms with Crippen LogP contribution in [0.3, 0.4) is 0 Å². The highest BCUT2D eigenvalue weighted by molar-refractivity contribution is 5.96. The molecule has 148 valence electrons. The molecule has 2 N–H and O–H groups in total. The lowest BCUT2D eigenvalue weighted by molar-refractivity contribution is -0.118. The van der Waals surface area contributed by atoms with Gasteiger partial charge in [0.15, 0.2) is 5.78 Å². The molecule has 0 spiro atoms. The zero-order chi connectivity index (χ0) is 20.4. The third-order valence-electron chi connectivity index (χ3n) is 5.45.